The summed E-state index contributed by atoms with van der Waals surface area (Å²) >= 11 is 12.1. The van der Waals surface area contributed by atoms with Crippen LogP contribution in [0.15, 0.2) is 18.2 Å². The van der Waals surface area contributed by atoms with Crippen LogP contribution in [0.3, 0.4) is 0 Å². The van der Waals surface area contributed by atoms with Crippen molar-refractivity contribution in [3.8, 4) is 0 Å². The predicted octanol–water partition coefficient (Wildman–Crippen LogP) is 4.48. The summed E-state index contributed by atoms with van der Waals surface area (Å²) in [5.74, 6) is 0.0596. The molecule has 0 saturated heterocycles. The highest BCUT2D eigenvalue weighted by Crippen LogP contribution is 2.39. The molecule has 0 heterocycles. The van der Waals surface area contributed by atoms with Crippen molar-refractivity contribution < 1.29 is 4.79 Å². The van der Waals surface area contributed by atoms with Crippen LogP contribution in [-0.4, -0.2) is 12.3 Å². The molecule has 4 heteroatoms. The largest absolute Gasteiger partial charge is 0.329 e. The first kappa shape index (κ1) is 14.8. The van der Waals surface area contributed by atoms with Gasteiger partial charge in [-0.1, -0.05) is 48.9 Å². The van der Waals surface area contributed by atoms with E-state index < -0.39 is 5.41 Å². The Labute approximate surface area is 124 Å². The smallest absolute Gasteiger partial charge is 0.171 e. The van der Waals surface area contributed by atoms with Crippen LogP contribution < -0.4 is 5.73 Å². The third kappa shape index (κ3) is 3.13. The molecule has 1 aliphatic rings. The van der Waals surface area contributed by atoms with Crippen LogP contribution >= 0.6 is 23.2 Å². The molecule has 2 N–H and O–H groups in total. The molecular formula is C15H19Cl2NO. The molecule has 0 radical (unpaired) electrons. The van der Waals surface area contributed by atoms with Gasteiger partial charge in [0.05, 0.1) is 5.02 Å². The van der Waals surface area contributed by atoms with Crippen LogP contribution in [0.5, 0.6) is 0 Å². The monoisotopic (exact) mass is 299 g/mol. The Morgan fingerprint density at radius 3 is 2.37 bits per heavy atom. The third-order valence-electron chi connectivity index (χ3n) is 4.11. The van der Waals surface area contributed by atoms with Crippen molar-refractivity contribution >= 4 is 29.0 Å². The molecule has 0 spiro atoms. The van der Waals surface area contributed by atoms with Crippen molar-refractivity contribution in [2.75, 3.05) is 6.54 Å². The Hall–Kier alpha value is -0.570. The molecule has 0 amide bonds. The molecule has 0 bridgehead atoms. The van der Waals surface area contributed by atoms with Crippen LogP contribution in [0, 0.1) is 5.41 Å². The molecule has 19 heavy (non-hydrogen) atoms. The molecule has 0 atom stereocenters. The maximum absolute atomic E-state index is 12.9. The number of carbonyl (C=O) groups is 1. The maximum atomic E-state index is 12.9. The molecule has 0 aromatic heterocycles. The summed E-state index contributed by atoms with van der Waals surface area (Å²) in [5, 5.41) is 1.00. The summed E-state index contributed by atoms with van der Waals surface area (Å²) in [4.78, 5) is 12.9. The molecule has 1 aromatic rings. The minimum Gasteiger partial charge on any atom is -0.329 e. The lowest BCUT2D eigenvalue weighted by atomic mass is 9.74. The first-order chi connectivity index (χ1) is 9.09. The molecule has 1 aliphatic carbocycles. The van der Waals surface area contributed by atoms with E-state index in [1.165, 1.54) is 12.8 Å². The molecular weight excluding hydrogens is 281 g/mol. The summed E-state index contributed by atoms with van der Waals surface area (Å²) in [6, 6.07) is 5.04. The van der Waals surface area contributed by atoms with Crippen LogP contribution in [0.4, 0.5) is 0 Å². The summed E-state index contributed by atoms with van der Waals surface area (Å²) in [6.45, 7) is 0.384. The van der Waals surface area contributed by atoms with E-state index in [9.17, 15) is 4.79 Å². The number of ketones is 1. The molecule has 2 rings (SSSR count). The summed E-state index contributed by atoms with van der Waals surface area (Å²) in [6.07, 6.45) is 6.18. The first-order valence-electron chi connectivity index (χ1n) is 6.79. The summed E-state index contributed by atoms with van der Waals surface area (Å²) in [7, 11) is 0. The van der Waals surface area contributed by atoms with Gasteiger partial charge in [0.15, 0.2) is 5.78 Å². The Balaban J connectivity index is 2.36. The van der Waals surface area contributed by atoms with Gasteiger partial charge in [-0.05, 0) is 31.0 Å². The minimum absolute atomic E-state index is 0.0596. The number of rotatable bonds is 3. The molecule has 1 fully saturated rings. The average molecular weight is 300 g/mol. The van der Waals surface area contributed by atoms with Gasteiger partial charge in [0.1, 0.15) is 0 Å². The van der Waals surface area contributed by atoms with Gasteiger partial charge in [0, 0.05) is 22.5 Å². The van der Waals surface area contributed by atoms with E-state index in [4.69, 9.17) is 28.9 Å². The van der Waals surface area contributed by atoms with Crippen molar-refractivity contribution in [2.24, 2.45) is 11.1 Å². The second-order valence-electron chi connectivity index (χ2n) is 5.35. The normalized spacial score (nSPS) is 18.9. The van der Waals surface area contributed by atoms with E-state index in [2.05, 4.69) is 0 Å². The van der Waals surface area contributed by atoms with Crippen LogP contribution in [-0.2, 0) is 0 Å². The van der Waals surface area contributed by atoms with Gasteiger partial charge in [0.25, 0.3) is 0 Å². The third-order valence-corrected chi connectivity index (χ3v) is 4.67. The van der Waals surface area contributed by atoms with Crippen LogP contribution in [0.25, 0.3) is 0 Å². The topological polar surface area (TPSA) is 43.1 Å². The second kappa shape index (κ2) is 6.25. The van der Waals surface area contributed by atoms with E-state index in [0.29, 0.717) is 22.2 Å². The Morgan fingerprint density at radius 2 is 1.79 bits per heavy atom. The standard InChI is InChI=1S/C15H19Cl2NO/c16-11-5-6-13(17)12(9-11)14(19)15(10-18)7-3-1-2-4-8-15/h5-6,9H,1-4,7-8,10,18H2. The van der Waals surface area contributed by atoms with E-state index in [-0.39, 0.29) is 5.78 Å². The van der Waals surface area contributed by atoms with E-state index in [1.54, 1.807) is 18.2 Å². The Bertz CT molecular complexity index is 465. The number of hydrogen-bond acceptors (Lipinski definition) is 2. The lowest BCUT2D eigenvalue weighted by Crippen LogP contribution is -2.38. The molecule has 0 unspecified atom stereocenters. The fourth-order valence-corrected chi connectivity index (χ4v) is 3.26. The molecule has 1 saturated carbocycles. The van der Waals surface area contributed by atoms with Crippen molar-refractivity contribution in [1.82, 2.24) is 0 Å². The molecule has 0 aliphatic heterocycles. The van der Waals surface area contributed by atoms with Crippen molar-refractivity contribution in [1.29, 1.82) is 0 Å². The van der Waals surface area contributed by atoms with Gasteiger partial charge in [-0.3, -0.25) is 4.79 Å². The minimum atomic E-state index is -0.454. The number of Topliss-reactive ketones (excluding diaryl/α,β-unsaturated/α-hetero) is 1. The Morgan fingerprint density at radius 1 is 1.16 bits per heavy atom. The highest BCUT2D eigenvalue weighted by Gasteiger charge is 2.38. The highest BCUT2D eigenvalue weighted by atomic mass is 35.5. The van der Waals surface area contributed by atoms with Crippen molar-refractivity contribution in [3.05, 3.63) is 33.8 Å². The van der Waals surface area contributed by atoms with Crippen LogP contribution in [0.1, 0.15) is 48.9 Å². The molecule has 1 aromatic carbocycles. The van der Waals surface area contributed by atoms with Gasteiger partial charge in [-0.2, -0.15) is 0 Å². The summed E-state index contributed by atoms with van der Waals surface area (Å²) < 4.78 is 0. The highest BCUT2D eigenvalue weighted by molar-refractivity contribution is 6.36. The molecule has 104 valence electrons. The van der Waals surface area contributed by atoms with Crippen molar-refractivity contribution in [2.45, 2.75) is 38.5 Å². The maximum Gasteiger partial charge on any atom is 0.171 e. The molecule has 2 nitrogen and oxygen atoms in total. The van der Waals surface area contributed by atoms with Gasteiger partial charge < -0.3 is 5.73 Å². The van der Waals surface area contributed by atoms with Gasteiger partial charge >= 0.3 is 0 Å². The lowest BCUT2D eigenvalue weighted by Gasteiger charge is -2.30. The number of nitrogens with two attached hydrogens (primary N) is 1. The second-order valence-corrected chi connectivity index (χ2v) is 6.20. The zero-order chi connectivity index (χ0) is 13.9. The first-order valence-corrected chi connectivity index (χ1v) is 7.54. The van der Waals surface area contributed by atoms with Crippen molar-refractivity contribution in [3.63, 3.8) is 0 Å². The number of hydrogen-bond donors (Lipinski definition) is 1. The Kier molecular flexibility index (Phi) is 4.88. The van der Waals surface area contributed by atoms with Crippen LogP contribution in [0.2, 0.25) is 10.0 Å². The SMILES string of the molecule is NCC1(C(=O)c2cc(Cl)ccc2Cl)CCCCCC1. The van der Waals surface area contributed by atoms with Gasteiger partial charge in [0.2, 0.25) is 0 Å². The number of carbonyl (C=O) groups excluding carboxylic acids is 1. The fraction of sp³-hybridized carbons (Fsp3) is 0.533. The quantitative estimate of drug-likeness (QED) is 0.661. The van der Waals surface area contributed by atoms with Gasteiger partial charge in [-0.25, -0.2) is 0 Å². The van der Waals surface area contributed by atoms with E-state index >= 15 is 0 Å². The zero-order valence-corrected chi connectivity index (χ0v) is 12.4. The number of halogens is 2. The zero-order valence-electron chi connectivity index (χ0n) is 10.9. The fourth-order valence-electron chi connectivity index (χ4n) is 2.89. The van der Waals surface area contributed by atoms with E-state index in [0.717, 1.165) is 25.7 Å². The average Bonchev–Trinajstić information content (AvgIpc) is 2.67. The number of benzene rings is 1. The predicted molar refractivity (Wildman–Crippen MR) is 80.0 cm³/mol. The summed E-state index contributed by atoms with van der Waals surface area (Å²) in [5.41, 5.74) is 6.00. The van der Waals surface area contributed by atoms with Gasteiger partial charge in [-0.15, -0.1) is 0 Å². The van der Waals surface area contributed by atoms with E-state index in [1.807, 2.05) is 0 Å². The lowest BCUT2D eigenvalue weighted by molar-refractivity contribution is 0.0774.